The van der Waals surface area contributed by atoms with Crippen LogP contribution < -0.4 is 10.6 Å². The fraction of sp³-hybridized carbons (Fsp3) is 0.364. The summed E-state index contributed by atoms with van der Waals surface area (Å²) in [4.78, 5) is 2.06. The lowest BCUT2D eigenvalue weighted by Gasteiger charge is -2.30. The average Bonchev–Trinajstić information content (AvgIpc) is 2.38. The molecule has 0 aliphatic carbocycles. The van der Waals surface area contributed by atoms with E-state index in [0.717, 1.165) is 5.69 Å². The summed E-state index contributed by atoms with van der Waals surface area (Å²) >= 11 is 6.09. The molecule has 2 rings (SSSR count). The molecule has 5 nitrogen and oxygen atoms in total. The van der Waals surface area contributed by atoms with Gasteiger partial charge in [-0.3, -0.25) is 4.21 Å². The minimum absolute atomic E-state index is 0.0118. The highest BCUT2D eigenvalue weighted by atomic mass is 35.5. The second-order valence-electron chi connectivity index (χ2n) is 3.95. The highest BCUT2D eigenvalue weighted by Crippen LogP contribution is 2.28. The molecule has 0 spiro atoms. The topological polar surface area (TPSA) is 78.9 Å². The SMILES string of the molecule is N/C(=N\O)c1c(Cl)cccc1N1CCS(=O)CC1. The van der Waals surface area contributed by atoms with Gasteiger partial charge in [0.15, 0.2) is 5.84 Å². The first-order valence-electron chi connectivity index (χ1n) is 5.50. The monoisotopic (exact) mass is 287 g/mol. The summed E-state index contributed by atoms with van der Waals surface area (Å²) in [6, 6.07) is 5.38. The van der Waals surface area contributed by atoms with Crippen molar-refractivity contribution < 1.29 is 9.42 Å². The van der Waals surface area contributed by atoms with Crippen LogP contribution in [0.5, 0.6) is 0 Å². The van der Waals surface area contributed by atoms with E-state index in [-0.39, 0.29) is 5.84 Å². The summed E-state index contributed by atoms with van der Waals surface area (Å²) < 4.78 is 11.4. The zero-order valence-electron chi connectivity index (χ0n) is 9.67. The van der Waals surface area contributed by atoms with Crippen LogP contribution in [0.25, 0.3) is 0 Å². The Morgan fingerprint density at radius 2 is 2.11 bits per heavy atom. The zero-order valence-corrected chi connectivity index (χ0v) is 11.2. The van der Waals surface area contributed by atoms with Gasteiger partial charge in [0, 0.05) is 41.1 Å². The largest absolute Gasteiger partial charge is 0.409 e. The van der Waals surface area contributed by atoms with Crippen LogP contribution in [0, 0.1) is 0 Å². The second-order valence-corrected chi connectivity index (χ2v) is 6.06. The van der Waals surface area contributed by atoms with Crippen LogP contribution in [0.4, 0.5) is 5.69 Å². The van der Waals surface area contributed by atoms with Gasteiger partial charge in [-0.25, -0.2) is 0 Å². The fourth-order valence-electron chi connectivity index (χ4n) is 1.96. The Hall–Kier alpha value is -1.27. The smallest absolute Gasteiger partial charge is 0.173 e. The third-order valence-electron chi connectivity index (χ3n) is 2.87. The summed E-state index contributed by atoms with van der Waals surface area (Å²) in [5.74, 6) is 1.24. The van der Waals surface area contributed by atoms with Crippen LogP contribution >= 0.6 is 11.6 Å². The summed E-state index contributed by atoms with van der Waals surface area (Å²) in [6.45, 7) is 1.36. The van der Waals surface area contributed by atoms with Gasteiger partial charge in [0.2, 0.25) is 0 Å². The minimum atomic E-state index is -0.745. The third kappa shape index (κ3) is 2.59. The van der Waals surface area contributed by atoms with E-state index in [9.17, 15) is 4.21 Å². The van der Waals surface area contributed by atoms with E-state index < -0.39 is 10.8 Å². The highest BCUT2D eigenvalue weighted by Gasteiger charge is 2.21. The molecule has 0 bridgehead atoms. The van der Waals surface area contributed by atoms with Gasteiger partial charge in [-0.1, -0.05) is 22.8 Å². The molecular formula is C11H14ClN3O2S. The molecule has 1 aromatic rings. The fourth-order valence-corrected chi connectivity index (χ4v) is 3.28. The van der Waals surface area contributed by atoms with Crippen molar-refractivity contribution in [2.45, 2.75) is 0 Å². The number of hydrogen-bond acceptors (Lipinski definition) is 4. The first kappa shape index (κ1) is 13.2. The van der Waals surface area contributed by atoms with Crippen LogP contribution in [0.1, 0.15) is 5.56 Å². The Morgan fingerprint density at radius 3 is 2.72 bits per heavy atom. The van der Waals surface area contributed by atoms with Crippen LogP contribution in [0.15, 0.2) is 23.4 Å². The van der Waals surface area contributed by atoms with Gasteiger partial charge in [0.1, 0.15) is 0 Å². The first-order chi connectivity index (χ1) is 8.63. The number of oxime groups is 1. The maximum atomic E-state index is 11.4. The van der Waals surface area contributed by atoms with Gasteiger partial charge in [-0.2, -0.15) is 0 Å². The second kappa shape index (κ2) is 5.58. The molecule has 1 saturated heterocycles. The van der Waals surface area contributed by atoms with Crippen molar-refractivity contribution >= 4 is 33.9 Å². The molecule has 0 radical (unpaired) electrons. The van der Waals surface area contributed by atoms with Crippen molar-refractivity contribution in [3.8, 4) is 0 Å². The molecule has 7 heteroatoms. The maximum Gasteiger partial charge on any atom is 0.173 e. The number of halogens is 1. The zero-order chi connectivity index (χ0) is 13.1. The van der Waals surface area contributed by atoms with Gasteiger partial charge < -0.3 is 15.8 Å². The van der Waals surface area contributed by atoms with E-state index in [0.29, 0.717) is 35.2 Å². The molecule has 1 fully saturated rings. The maximum absolute atomic E-state index is 11.4. The molecule has 98 valence electrons. The van der Waals surface area contributed by atoms with Crippen LogP contribution in [0.3, 0.4) is 0 Å². The quantitative estimate of drug-likeness (QED) is 0.368. The Kier molecular flexibility index (Phi) is 4.08. The third-order valence-corrected chi connectivity index (χ3v) is 4.46. The molecule has 18 heavy (non-hydrogen) atoms. The highest BCUT2D eigenvalue weighted by molar-refractivity contribution is 7.85. The van der Waals surface area contributed by atoms with Crippen LogP contribution in [-0.4, -0.2) is 39.8 Å². The lowest BCUT2D eigenvalue weighted by Crippen LogP contribution is -2.39. The summed E-state index contributed by atoms with van der Waals surface area (Å²) in [5.41, 5.74) is 7.00. The van der Waals surface area contributed by atoms with Crippen molar-refractivity contribution in [3.63, 3.8) is 0 Å². The molecule has 1 aliphatic heterocycles. The van der Waals surface area contributed by atoms with E-state index in [2.05, 4.69) is 10.1 Å². The first-order valence-corrected chi connectivity index (χ1v) is 7.36. The van der Waals surface area contributed by atoms with Crippen LogP contribution in [0.2, 0.25) is 5.02 Å². The minimum Gasteiger partial charge on any atom is -0.409 e. The van der Waals surface area contributed by atoms with Gasteiger partial charge in [-0.15, -0.1) is 0 Å². The van der Waals surface area contributed by atoms with Crippen molar-refractivity contribution in [1.29, 1.82) is 0 Å². The molecule has 0 atom stereocenters. The number of rotatable bonds is 2. The van der Waals surface area contributed by atoms with Gasteiger partial charge in [0.25, 0.3) is 0 Å². The molecular weight excluding hydrogens is 274 g/mol. The predicted octanol–water partition coefficient (Wildman–Crippen LogP) is 1.00. The number of nitrogens with zero attached hydrogens (tertiary/aromatic N) is 2. The van der Waals surface area contributed by atoms with Crippen molar-refractivity contribution in [3.05, 3.63) is 28.8 Å². The van der Waals surface area contributed by atoms with Gasteiger partial charge in [0.05, 0.1) is 10.6 Å². The summed E-state index contributed by atoms with van der Waals surface area (Å²) in [5, 5.41) is 12.3. The lowest BCUT2D eigenvalue weighted by molar-refractivity contribution is 0.318. The Morgan fingerprint density at radius 1 is 1.44 bits per heavy atom. The van der Waals surface area contributed by atoms with Gasteiger partial charge in [-0.05, 0) is 12.1 Å². The number of anilines is 1. The Bertz CT molecular complexity index is 497. The number of benzene rings is 1. The lowest BCUT2D eigenvalue weighted by atomic mass is 10.1. The Labute approximate surface area is 113 Å². The summed E-state index contributed by atoms with van der Waals surface area (Å²) in [6.07, 6.45) is 0. The van der Waals surface area contributed by atoms with Crippen LogP contribution in [-0.2, 0) is 10.8 Å². The molecule has 3 N–H and O–H groups in total. The molecule has 0 saturated carbocycles. The van der Waals surface area contributed by atoms with Crippen molar-refractivity contribution in [1.82, 2.24) is 0 Å². The van der Waals surface area contributed by atoms with Crippen molar-refractivity contribution in [2.24, 2.45) is 10.9 Å². The van der Waals surface area contributed by atoms with E-state index in [1.807, 2.05) is 12.1 Å². The molecule has 1 aliphatic rings. The molecule has 1 aromatic carbocycles. The van der Waals surface area contributed by atoms with E-state index >= 15 is 0 Å². The van der Waals surface area contributed by atoms with E-state index in [1.165, 1.54) is 0 Å². The number of nitrogens with two attached hydrogens (primary N) is 1. The Balaban J connectivity index is 2.38. The summed E-state index contributed by atoms with van der Waals surface area (Å²) in [7, 11) is -0.745. The van der Waals surface area contributed by atoms with Gasteiger partial charge >= 0.3 is 0 Å². The standard InChI is InChI=1S/C11H14ClN3O2S/c12-8-2-1-3-9(10(8)11(13)14-16)15-4-6-18(17)7-5-15/h1-3,16H,4-7H2,(H2,13,14). The van der Waals surface area contributed by atoms with E-state index in [4.69, 9.17) is 22.5 Å². The number of hydrogen-bond donors (Lipinski definition) is 2. The molecule has 0 aromatic heterocycles. The average molecular weight is 288 g/mol. The molecule has 1 heterocycles. The normalized spacial score (nSPS) is 18.1. The van der Waals surface area contributed by atoms with E-state index in [1.54, 1.807) is 6.07 Å². The predicted molar refractivity (Wildman–Crippen MR) is 74.1 cm³/mol. The molecule has 0 amide bonds. The van der Waals surface area contributed by atoms with Crippen molar-refractivity contribution in [2.75, 3.05) is 29.5 Å². The molecule has 0 unspecified atom stereocenters. The number of amidine groups is 1.